The molecule has 0 radical (unpaired) electrons. The summed E-state index contributed by atoms with van der Waals surface area (Å²) in [6.45, 7) is 6.60. The van der Waals surface area contributed by atoms with Crippen LogP contribution >= 0.6 is 0 Å². The Labute approximate surface area is 153 Å². The summed E-state index contributed by atoms with van der Waals surface area (Å²) in [5, 5.41) is 3.08. The van der Waals surface area contributed by atoms with Crippen molar-refractivity contribution in [3.63, 3.8) is 0 Å². The molecule has 3 aliphatic rings. The Balaban J connectivity index is 1.34. The highest BCUT2D eigenvalue weighted by atomic mass is 19.1. The van der Waals surface area contributed by atoms with Crippen molar-refractivity contribution in [1.82, 2.24) is 15.1 Å². The van der Waals surface area contributed by atoms with Gasteiger partial charge < -0.3 is 14.8 Å². The lowest BCUT2D eigenvalue weighted by Crippen LogP contribution is -2.53. The summed E-state index contributed by atoms with van der Waals surface area (Å²) < 4.78 is 24.7. The number of ether oxygens (including phenoxy) is 2. The van der Waals surface area contributed by atoms with E-state index in [9.17, 15) is 9.18 Å². The normalized spacial score (nSPS) is 22.4. The van der Waals surface area contributed by atoms with Crippen molar-refractivity contribution in [2.45, 2.75) is 45.0 Å². The number of halogens is 1. The molecule has 1 aromatic carbocycles. The summed E-state index contributed by atoms with van der Waals surface area (Å²) in [7, 11) is 0. The molecule has 2 fully saturated rings. The number of carbonyl (C=O) groups excluding carboxylic acids is 1. The molecule has 0 spiro atoms. The summed E-state index contributed by atoms with van der Waals surface area (Å²) in [6, 6.07) is 3.34. The zero-order valence-electron chi connectivity index (χ0n) is 15.2. The fraction of sp³-hybridized carbons (Fsp3) is 0.632. The molecule has 4 rings (SSSR count). The largest absolute Gasteiger partial charge is 0.467 e. The zero-order valence-corrected chi connectivity index (χ0v) is 15.2. The van der Waals surface area contributed by atoms with Crippen LogP contribution in [0.15, 0.2) is 12.1 Å². The molecule has 7 heteroatoms. The van der Waals surface area contributed by atoms with E-state index in [2.05, 4.69) is 15.1 Å². The van der Waals surface area contributed by atoms with E-state index in [0.29, 0.717) is 19.2 Å². The Bertz CT molecular complexity index is 672. The van der Waals surface area contributed by atoms with E-state index in [0.717, 1.165) is 55.9 Å². The first-order valence-corrected chi connectivity index (χ1v) is 9.39. The van der Waals surface area contributed by atoms with E-state index < -0.39 is 0 Å². The van der Waals surface area contributed by atoms with E-state index in [4.69, 9.17) is 9.47 Å². The minimum Gasteiger partial charge on any atom is -0.467 e. The Kier molecular flexibility index (Phi) is 5.11. The average Bonchev–Trinajstić information content (AvgIpc) is 3.45. The topological polar surface area (TPSA) is 54.0 Å². The second-order valence-corrected chi connectivity index (χ2v) is 7.43. The van der Waals surface area contributed by atoms with Gasteiger partial charge in [-0.15, -0.1) is 0 Å². The number of piperazine rings is 1. The van der Waals surface area contributed by atoms with Crippen molar-refractivity contribution in [1.29, 1.82) is 0 Å². The average molecular weight is 363 g/mol. The second kappa shape index (κ2) is 7.50. The maximum atomic E-state index is 13.9. The van der Waals surface area contributed by atoms with E-state index in [1.54, 1.807) is 6.07 Å². The molecule has 1 unspecified atom stereocenters. The highest BCUT2D eigenvalue weighted by molar-refractivity contribution is 5.81. The molecule has 2 heterocycles. The second-order valence-electron chi connectivity index (χ2n) is 7.43. The first kappa shape index (κ1) is 17.7. The van der Waals surface area contributed by atoms with Crippen molar-refractivity contribution in [3.05, 3.63) is 29.1 Å². The molecule has 0 aromatic heterocycles. The Morgan fingerprint density at radius 3 is 2.81 bits per heavy atom. The van der Waals surface area contributed by atoms with E-state index in [-0.39, 0.29) is 24.6 Å². The van der Waals surface area contributed by atoms with Gasteiger partial charge in [0.15, 0.2) is 6.79 Å². The lowest BCUT2D eigenvalue weighted by molar-refractivity contribution is -0.126. The monoisotopic (exact) mass is 363 g/mol. The third kappa shape index (κ3) is 4.00. The summed E-state index contributed by atoms with van der Waals surface area (Å²) in [5.41, 5.74) is 1.64. The fourth-order valence-electron chi connectivity index (χ4n) is 3.64. The number of fused-ring (bicyclic) bond motifs is 1. The molecule has 26 heavy (non-hydrogen) atoms. The maximum absolute atomic E-state index is 13.9. The summed E-state index contributed by atoms with van der Waals surface area (Å²) >= 11 is 0. The van der Waals surface area contributed by atoms with E-state index >= 15 is 0 Å². The molecule has 1 aliphatic carbocycles. The Morgan fingerprint density at radius 2 is 2.08 bits per heavy atom. The zero-order chi connectivity index (χ0) is 18.1. The van der Waals surface area contributed by atoms with Gasteiger partial charge in [0.25, 0.3) is 0 Å². The number of nitrogens with one attached hydrogen (secondary N) is 1. The van der Waals surface area contributed by atoms with Gasteiger partial charge in [-0.2, -0.15) is 0 Å². The molecule has 1 aromatic rings. The third-order valence-corrected chi connectivity index (χ3v) is 5.40. The number of hydrogen-bond donors (Lipinski definition) is 1. The van der Waals surface area contributed by atoms with Crippen LogP contribution in [0.2, 0.25) is 0 Å². The fourth-order valence-corrected chi connectivity index (χ4v) is 3.64. The Morgan fingerprint density at radius 1 is 1.31 bits per heavy atom. The van der Waals surface area contributed by atoms with Crippen molar-refractivity contribution >= 4 is 5.91 Å². The van der Waals surface area contributed by atoms with Gasteiger partial charge in [-0.05, 0) is 31.9 Å². The molecule has 2 aliphatic heterocycles. The van der Waals surface area contributed by atoms with Gasteiger partial charge in [-0.1, -0.05) is 0 Å². The predicted octanol–water partition coefficient (Wildman–Crippen LogP) is 1.48. The SMILES string of the molecule is CC(C(=O)NC1CC1)N1CCN(Cc2cc(F)cc3c2OCOC3)CC1. The van der Waals surface area contributed by atoms with Crippen LogP contribution in [0.4, 0.5) is 4.39 Å². The summed E-state index contributed by atoms with van der Waals surface area (Å²) in [5.74, 6) is 0.641. The van der Waals surface area contributed by atoms with Crippen LogP contribution in [0.1, 0.15) is 30.9 Å². The third-order valence-electron chi connectivity index (χ3n) is 5.40. The van der Waals surface area contributed by atoms with Crippen LogP contribution in [-0.2, 0) is 22.7 Å². The number of benzene rings is 1. The van der Waals surface area contributed by atoms with Crippen LogP contribution in [-0.4, -0.2) is 60.8 Å². The predicted molar refractivity (Wildman–Crippen MR) is 94.2 cm³/mol. The van der Waals surface area contributed by atoms with Crippen LogP contribution in [0, 0.1) is 5.82 Å². The minimum atomic E-state index is -0.253. The first-order valence-electron chi connectivity index (χ1n) is 9.39. The first-order chi connectivity index (χ1) is 12.6. The standard InChI is InChI=1S/C19H26FN3O3/c1-13(19(24)21-17-2-3-17)23-6-4-22(5-7-23)10-14-8-16(20)9-15-11-25-12-26-18(14)15/h8-9,13,17H,2-7,10-12H2,1H3,(H,21,24). The molecule has 1 atom stereocenters. The van der Waals surface area contributed by atoms with Crippen molar-refractivity contribution < 1.29 is 18.7 Å². The quantitative estimate of drug-likeness (QED) is 0.859. The van der Waals surface area contributed by atoms with Gasteiger partial charge in [0, 0.05) is 49.9 Å². The molecule has 142 valence electrons. The molecule has 1 N–H and O–H groups in total. The van der Waals surface area contributed by atoms with Gasteiger partial charge in [-0.25, -0.2) is 4.39 Å². The van der Waals surface area contributed by atoms with Gasteiger partial charge in [0.1, 0.15) is 11.6 Å². The van der Waals surface area contributed by atoms with E-state index in [1.807, 2.05) is 6.92 Å². The van der Waals surface area contributed by atoms with Crippen LogP contribution in [0.3, 0.4) is 0 Å². The van der Waals surface area contributed by atoms with Gasteiger partial charge in [0.2, 0.25) is 5.91 Å². The van der Waals surface area contributed by atoms with Crippen LogP contribution < -0.4 is 10.1 Å². The molecular formula is C19H26FN3O3. The smallest absolute Gasteiger partial charge is 0.237 e. The Hall–Kier alpha value is -1.70. The molecule has 1 saturated carbocycles. The molecule has 1 amide bonds. The van der Waals surface area contributed by atoms with Crippen LogP contribution in [0.5, 0.6) is 5.75 Å². The minimum absolute atomic E-state index is 0.0971. The van der Waals surface area contributed by atoms with Gasteiger partial charge in [-0.3, -0.25) is 14.6 Å². The number of amides is 1. The lowest BCUT2D eigenvalue weighted by Gasteiger charge is -2.37. The number of carbonyl (C=O) groups is 1. The van der Waals surface area contributed by atoms with Crippen molar-refractivity contribution in [2.75, 3.05) is 33.0 Å². The highest BCUT2D eigenvalue weighted by Crippen LogP contribution is 2.30. The van der Waals surface area contributed by atoms with Gasteiger partial charge in [0.05, 0.1) is 12.6 Å². The van der Waals surface area contributed by atoms with Gasteiger partial charge >= 0.3 is 0 Å². The number of nitrogens with zero attached hydrogens (tertiary/aromatic N) is 2. The highest BCUT2D eigenvalue weighted by Gasteiger charge is 2.30. The summed E-state index contributed by atoms with van der Waals surface area (Å²) in [6.07, 6.45) is 2.22. The van der Waals surface area contributed by atoms with Crippen molar-refractivity contribution in [2.24, 2.45) is 0 Å². The molecule has 1 saturated heterocycles. The number of hydrogen-bond acceptors (Lipinski definition) is 5. The maximum Gasteiger partial charge on any atom is 0.237 e. The van der Waals surface area contributed by atoms with E-state index in [1.165, 1.54) is 6.07 Å². The molecule has 0 bridgehead atoms. The molecule has 6 nitrogen and oxygen atoms in total. The lowest BCUT2D eigenvalue weighted by atomic mass is 10.1. The van der Waals surface area contributed by atoms with Crippen molar-refractivity contribution in [3.8, 4) is 5.75 Å². The van der Waals surface area contributed by atoms with Crippen LogP contribution in [0.25, 0.3) is 0 Å². The molecular weight excluding hydrogens is 337 g/mol. The number of rotatable bonds is 5. The summed E-state index contributed by atoms with van der Waals surface area (Å²) in [4.78, 5) is 16.7.